The molecule has 0 aliphatic rings. The zero-order valence-corrected chi connectivity index (χ0v) is 10.1. The van der Waals surface area contributed by atoms with E-state index in [1.54, 1.807) is 19.2 Å². The van der Waals surface area contributed by atoms with Gasteiger partial charge in [-0.05, 0) is 26.0 Å². The lowest BCUT2D eigenvalue weighted by Crippen LogP contribution is -2.29. The van der Waals surface area contributed by atoms with Gasteiger partial charge in [0.15, 0.2) is 11.6 Å². The van der Waals surface area contributed by atoms with Crippen molar-refractivity contribution in [3.63, 3.8) is 0 Å². The van der Waals surface area contributed by atoms with Crippen LogP contribution >= 0.6 is 0 Å². The Bertz CT molecular complexity index is 344. The van der Waals surface area contributed by atoms with Crippen LogP contribution in [-0.2, 0) is 4.74 Å². The predicted octanol–water partition coefficient (Wildman–Crippen LogP) is 2.67. The van der Waals surface area contributed by atoms with Crippen molar-refractivity contribution in [3.05, 3.63) is 24.0 Å². The number of hydrogen-bond donors (Lipinski definition) is 1. The normalized spacial score (nSPS) is 14.3. The van der Waals surface area contributed by atoms with Gasteiger partial charge in [0.1, 0.15) is 0 Å². The summed E-state index contributed by atoms with van der Waals surface area (Å²) in [7, 11) is 3.11. The van der Waals surface area contributed by atoms with Crippen LogP contribution in [0, 0.1) is 5.82 Å². The molecule has 0 spiro atoms. The lowest BCUT2D eigenvalue weighted by Gasteiger charge is -2.21. The summed E-state index contributed by atoms with van der Waals surface area (Å²) >= 11 is 0. The predicted molar refractivity (Wildman–Crippen MR) is 62.5 cm³/mol. The fourth-order valence-electron chi connectivity index (χ4n) is 1.33. The average Bonchev–Trinajstić information content (AvgIpc) is 2.30. The Kier molecular flexibility index (Phi) is 4.55. The molecule has 0 aromatic heterocycles. The third-order valence-electron chi connectivity index (χ3n) is 2.62. The largest absolute Gasteiger partial charge is 0.494 e. The zero-order chi connectivity index (χ0) is 12.1. The first-order valence-electron chi connectivity index (χ1n) is 5.21. The molecule has 3 nitrogen and oxygen atoms in total. The van der Waals surface area contributed by atoms with Crippen molar-refractivity contribution in [2.75, 3.05) is 19.5 Å². The molecule has 4 heteroatoms. The summed E-state index contributed by atoms with van der Waals surface area (Å²) in [6.45, 7) is 3.97. The fourth-order valence-corrected chi connectivity index (χ4v) is 1.33. The van der Waals surface area contributed by atoms with Crippen molar-refractivity contribution < 1.29 is 13.9 Å². The van der Waals surface area contributed by atoms with E-state index in [2.05, 4.69) is 5.32 Å². The number of ether oxygens (including phenoxy) is 2. The number of anilines is 1. The van der Waals surface area contributed by atoms with E-state index in [0.29, 0.717) is 0 Å². The van der Waals surface area contributed by atoms with E-state index in [0.717, 1.165) is 5.69 Å². The molecule has 2 atom stereocenters. The third kappa shape index (κ3) is 3.10. The molecule has 0 fully saturated rings. The van der Waals surface area contributed by atoms with Gasteiger partial charge in [0.05, 0.1) is 13.2 Å². The standard InChI is InChI=1S/C12H18FNO2/c1-8(9(2)15-3)14-10-5-6-11(13)12(7-10)16-4/h5-9,14H,1-4H3. The molecule has 90 valence electrons. The van der Waals surface area contributed by atoms with E-state index in [4.69, 9.17) is 9.47 Å². The van der Waals surface area contributed by atoms with Gasteiger partial charge in [0.25, 0.3) is 0 Å². The second-order valence-electron chi connectivity index (χ2n) is 3.72. The molecule has 1 rings (SSSR count). The van der Waals surface area contributed by atoms with Crippen LogP contribution in [0.15, 0.2) is 18.2 Å². The first kappa shape index (κ1) is 12.8. The van der Waals surface area contributed by atoms with Crippen molar-refractivity contribution in [1.82, 2.24) is 0 Å². The molecule has 0 radical (unpaired) electrons. The number of halogens is 1. The number of nitrogens with one attached hydrogen (secondary N) is 1. The monoisotopic (exact) mass is 227 g/mol. The molecule has 0 aliphatic heterocycles. The second-order valence-corrected chi connectivity index (χ2v) is 3.72. The van der Waals surface area contributed by atoms with Gasteiger partial charge in [0, 0.05) is 24.9 Å². The quantitative estimate of drug-likeness (QED) is 0.838. The highest BCUT2D eigenvalue weighted by Gasteiger charge is 2.11. The third-order valence-corrected chi connectivity index (χ3v) is 2.62. The van der Waals surface area contributed by atoms with Gasteiger partial charge in [0.2, 0.25) is 0 Å². The fraction of sp³-hybridized carbons (Fsp3) is 0.500. The molecule has 0 aliphatic carbocycles. The van der Waals surface area contributed by atoms with E-state index in [1.165, 1.54) is 13.2 Å². The molecule has 0 saturated heterocycles. The van der Waals surface area contributed by atoms with Crippen LogP contribution in [0.4, 0.5) is 10.1 Å². The van der Waals surface area contributed by atoms with E-state index in [-0.39, 0.29) is 23.7 Å². The maximum atomic E-state index is 13.2. The van der Waals surface area contributed by atoms with Gasteiger partial charge < -0.3 is 14.8 Å². The van der Waals surface area contributed by atoms with E-state index in [9.17, 15) is 4.39 Å². The number of rotatable bonds is 5. The number of benzene rings is 1. The highest BCUT2D eigenvalue weighted by Crippen LogP contribution is 2.22. The molecule has 1 aromatic rings. The molecule has 0 heterocycles. The molecule has 1 aromatic carbocycles. The van der Waals surface area contributed by atoms with Gasteiger partial charge in [-0.1, -0.05) is 0 Å². The smallest absolute Gasteiger partial charge is 0.165 e. The number of methoxy groups -OCH3 is 2. The van der Waals surface area contributed by atoms with Gasteiger partial charge >= 0.3 is 0 Å². The van der Waals surface area contributed by atoms with E-state index < -0.39 is 0 Å². The Hall–Kier alpha value is -1.29. The lowest BCUT2D eigenvalue weighted by atomic mass is 10.2. The van der Waals surface area contributed by atoms with Gasteiger partial charge in [-0.25, -0.2) is 4.39 Å². The molecular formula is C12H18FNO2. The molecule has 0 saturated carbocycles. The van der Waals surface area contributed by atoms with Crippen molar-refractivity contribution >= 4 is 5.69 Å². The molecule has 0 bridgehead atoms. The van der Waals surface area contributed by atoms with Crippen molar-refractivity contribution in [2.24, 2.45) is 0 Å². The topological polar surface area (TPSA) is 30.5 Å². The minimum Gasteiger partial charge on any atom is -0.494 e. The highest BCUT2D eigenvalue weighted by molar-refractivity contribution is 5.49. The summed E-state index contributed by atoms with van der Waals surface area (Å²) in [5.41, 5.74) is 0.814. The van der Waals surface area contributed by atoms with Crippen LogP contribution in [0.5, 0.6) is 5.75 Å². The molecule has 1 N–H and O–H groups in total. The summed E-state index contributed by atoms with van der Waals surface area (Å²) in [6.07, 6.45) is 0.0797. The first-order valence-corrected chi connectivity index (χ1v) is 5.21. The highest BCUT2D eigenvalue weighted by atomic mass is 19.1. The summed E-state index contributed by atoms with van der Waals surface area (Å²) in [5.74, 6) is -0.122. The lowest BCUT2D eigenvalue weighted by molar-refractivity contribution is 0.106. The molecule has 0 amide bonds. The van der Waals surface area contributed by atoms with Crippen LogP contribution < -0.4 is 10.1 Å². The van der Waals surface area contributed by atoms with Crippen molar-refractivity contribution in [1.29, 1.82) is 0 Å². The minimum atomic E-state index is -0.361. The van der Waals surface area contributed by atoms with Crippen LogP contribution in [0.3, 0.4) is 0 Å². The SMILES string of the molecule is COc1cc(NC(C)C(C)OC)ccc1F. The number of hydrogen-bond acceptors (Lipinski definition) is 3. The van der Waals surface area contributed by atoms with Crippen LogP contribution in [0.25, 0.3) is 0 Å². The van der Waals surface area contributed by atoms with E-state index >= 15 is 0 Å². The summed E-state index contributed by atoms with van der Waals surface area (Å²) < 4.78 is 23.3. The maximum absolute atomic E-state index is 13.2. The summed E-state index contributed by atoms with van der Waals surface area (Å²) in [5, 5.41) is 3.22. The zero-order valence-electron chi connectivity index (χ0n) is 10.1. The van der Waals surface area contributed by atoms with Gasteiger partial charge in [-0.3, -0.25) is 0 Å². The van der Waals surface area contributed by atoms with Gasteiger partial charge in [-0.15, -0.1) is 0 Å². The Morgan fingerprint density at radius 3 is 2.50 bits per heavy atom. The maximum Gasteiger partial charge on any atom is 0.165 e. The van der Waals surface area contributed by atoms with Crippen LogP contribution in [-0.4, -0.2) is 26.4 Å². The van der Waals surface area contributed by atoms with Crippen molar-refractivity contribution in [2.45, 2.75) is 26.0 Å². The first-order chi connectivity index (χ1) is 7.58. The Morgan fingerprint density at radius 1 is 1.25 bits per heavy atom. The Morgan fingerprint density at radius 2 is 1.94 bits per heavy atom. The van der Waals surface area contributed by atoms with Crippen LogP contribution in [0.2, 0.25) is 0 Å². The Balaban J connectivity index is 2.74. The molecule has 16 heavy (non-hydrogen) atoms. The molecule has 2 unspecified atom stereocenters. The van der Waals surface area contributed by atoms with Crippen molar-refractivity contribution in [3.8, 4) is 5.75 Å². The summed E-state index contributed by atoms with van der Waals surface area (Å²) in [4.78, 5) is 0. The Labute approximate surface area is 95.6 Å². The minimum absolute atomic E-state index is 0.0797. The van der Waals surface area contributed by atoms with Gasteiger partial charge in [-0.2, -0.15) is 0 Å². The molecular weight excluding hydrogens is 209 g/mol. The second kappa shape index (κ2) is 5.70. The van der Waals surface area contributed by atoms with E-state index in [1.807, 2.05) is 13.8 Å². The average molecular weight is 227 g/mol. The van der Waals surface area contributed by atoms with Crippen LogP contribution in [0.1, 0.15) is 13.8 Å². The summed E-state index contributed by atoms with van der Waals surface area (Å²) in [6, 6.07) is 4.83.